The van der Waals surface area contributed by atoms with Crippen molar-refractivity contribution in [3.63, 3.8) is 0 Å². The Morgan fingerprint density at radius 3 is 2.59 bits per heavy atom. The van der Waals surface area contributed by atoms with Gasteiger partial charge >= 0.3 is 0 Å². The largest absolute Gasteiger partial charge is 0.464 e. The predicted octanol–water partition coefficient (Wildman–Crippen LogP) is 3.29. The first kappa shape index (κ1) is 23.4. The van der Waals surface area contributed by atoms with E-state index in [1.807, 2.05) is 25.1 Å². The van der Waals surface area contributed by atoms with Crippen LogP contribution in [0.25, 0.3) is 0 Å². The normalized spacial score (nSPS) is 13.8. The lowest BCUT2D eigenvalue weighted by Gasteiger charge is -2.26. The fraction of sp³-hybridized carbons (Fsp3) is 0.476. The minimum atomic E-state index is -3.27. The van der Waals surface area contributed by atoms with Gasteiger partial charge in [0.25, 0.3) is 0 Å². The number of carbonyl (C=O) groups is 1. The molecule has 0 bridgehead atoms. The number of nitrogens with zero attached hydrogens (tertiary/aromatic N) is 2. The van der Waals surface area contributed by atoms with Gasteiger partial charge in [-0.1, -0.05) is 18.2 Å². The first-order valence-electron chi connectivity index (χ1n) is 9.66. The van der Waals surface area contributed by atoms with E-state index in [2.05, 4.69) is 4.90 Å². The van der Waals surface area contributed by atoms with Crippen molar-refractivity contribution in [2.75, 3.05) is 26.4 Å². The smallest absolute Gasteiger partial charge is 0.222 e. The summed E-state index contributed by atoms with van der Waals surface area (Å²) in [6.07, 6.45) is 2.17. The molecule has 0 N–H and O–H groups in total. The van der Waals surface area contributed by atoms with Gasteiger partial charge in [0.2, 0.25) is 5.91 Å². The van der Waals surface area contributed by atoms with Crippen LogP contribution < -0.4 is 0 Å². The van der Waals surface area contributed by atoms with Gasteiger partial charge in [-0.25, -0.2) is 8.42 Å². The van der Waals surface area contributed by atoms with Crippen molar-refractivity contribution in [3.8, 4) is 0 Å². The first-order chi connectivity index (χ1) is 13.3. The van der Waals surface area contributed by atoms with E-state index >= 15 is 0 Å². The Balaban J connectivity index is 0.00000300. The number of halogens is 1. The van der Waals surface area contributed by atoms with Gasteiger partial charge in [0.15, 0.2) is 9.84 Å². The number of benzene rings is 1. The molecule has 0 saturated carbocycles. The summed E-state index contributed by atoms with van der Waals surface area (Å²) < 4.78 is 30.4. The van der Waals surface area contributed by atoms with Crippen LogP contribution in [0.1, 0.15) is 36.3 Å². The Bertz CT molecular complexity index is 910. The molecule has 2 heterocycles. The van der Waals surface area contributed by atoms with Gasteiger partial charge in [-0.2, -0.15) is 0 Å². The molecule has 160 valence electrons. The van der Waals surface area contributed by atoms with Crippen LogP contribution in [0.3, 0.4) is 0 Å². The molecule has 0 saturated heterocycles. The van der Waals surface area contributed by atoms with Crippen molar-refractivity contribution < 1.29 is 17.6 Å². The highest BCUT2D eigenvalue weighted by molar-refractivity contribution is 7.91. The summed E-state index contributed by atoms with van der Waals surface area (Å²) in [5.41, 5.74) is 1.09. The van der Waals surface area contributed by atoms with Crippen LogP contribution in [0.4, 0.5) is 0 Å². The maximum atomic E-state index is 12.5. The standard InChI is InChI=1S/C21H28N2O4S.ClH/c1-22(2)16-18-14-17-15-23(12-11-20(17)27-18)21(24)10-6-7-13-28(25,26)19-8-4-3-5-9-19;/h3-5,8-9,14H,6-7,10-13,15-16H2,1-2H3;1H. The summed E-state index contributed by atoms with van der Waals surface area (Å²) in [6.45, 7) is 1.98. The van der Waals surface area contributed by atoms with E-state index in [1.54, 1.807) is 30.3 Å². The Labute approximate surface area is 179 Å². The van der Waals surface area contributed by atoms with Crippen molar-refractivity contribution in [1.29, 1.82) is 0 Å². The van der Waals surface area contributed by atoms with Gasteiger partial charge in [0.05, 0.1) is 17.2 Å². The van der Waals surface area contributed by atoms with Crippen molar-refractivity contribution in [1.82, 2.24) is 9.80 Å². The molecule has 0 aliphatic carbocycles. The molecule has 1 aliphatic rings. The molecule has 0 unspecified atom stereocenters. The minimum absolute atomic E-state index is 0. The molecular weight excluding hydrogens is 412 g/mol. The summed E-state index contributed by atoms with van der Waals surface area (Å²) >= 11 is 0. The summed E-state index contributed by atoms with van der Waals surface area (Å²) in [5, 5.41) is 0. The van der Waals surface area contributed by atoms with E-state index in [4.69, 9.17) is 4.42 Å². The molecule has 8 heteroatoms. The minimum Gasteiger partial charge on any atom is -0.464 e. The predicted molar refractivity (Wildman–Crippen MR) is 115 cm³/mol. The molecule has 3 rings (SSSR count). The maximum absolute atomic E-state index is 12.5. The zero-order chi connectivity index (χ0) is 20.1. The average molecular weight is 441 g/mol. The zero-order valence-corrected chi connectivity index (χ0v) is 18.6. The van der Waals surface area contributed by atoms with Gasteiger partial charge in [-0.05, 0) is 45.1 Å². The fourth-order valence-electron chi connectivity index (χ4n) is 3.47. The van der Waals surface area contributed by atoms with Crippen LogP contribution in [-0.2, 0) is 34.1 Å². The quantitative estimate of drug-likeness (QED) is 0.589. The second-order valence-electron chi connectivity index (χ2n) is 7.55. The number of hydrogen-bond acceptors (Lipinski definition) is 5. The first-order valence-corrected chi connectivity index (χ1v) is 11.3. The topological polar surface area (TPSA) is 70.8 Å². The van der Waals surface area contributed by atoms with Gasteiger partial charge in [0, 0.05) is 31.5 Å². The number of sulfone groups is 1. The van der Waals surface area contributed by atoms with Crippen LogP contribution in [0.2, 0.25) is 0 Å². The average Bonchev–Trinajstić information content (AvgIpc) is 3.06. The Morgan fingerprint density at radius 1 is 1.17 bits per heavy atom. The van der Waals surface area contributed by atoms with Crippen LogP contribution in [0.15, 0.2) is 45.7 Å². The lowest BCUT2D eigenvalue weighted by atomic mass is 10.1. The van der Waals surface area contributed by atoms with Gasteiger partial charge in [0.1, 0.15) is 11.5 Å². The van der Waals surface area contributed by atoms with Crippen LogP contribution in [0, 0.1) is 0 Å². The number of fused-ring (bicyclic) bond motifs is 1. The third kappa shape index (κ3) is 6.32. The molecule has 6 nitrogen and oxygen atoms in total. The molecule has 0 fully saturated rings. The summed E-state index contributed by atoms with van der Waals surface area (Å²) in [7, 11) is 0.719. The van der Waals surface area contributed by atoms with Gasteiger partial charge in [-0.3, -0.25) is 4.79 Å². The third-order valence-corrected chi connectivity index (χ3v) is 6.71. The highest BCUT2D eigenvalue weighted by Crippen LogP contribution is 2.24. The zero-order valence-electron chi connectivity index (χ0n) is 17.0. The van der Waals surface area contributed by atoms with E-state index in [0.717, 1.165) is 30.0 Å². The number of rotatable bonds is 8. The summed E-state index contributed by atoms with van der Waals surface area (Å²) in [4.78, 5) is 16.8. The number of furan rings is 1. The van der Waals surface area contributed by atoms with E-state index in [-0.39, 0.29) is 24.1 Å². The molecule has 1 aliphatic heterocycles. The van der Waals surface area contributed by atoms with Crippen molar-refractivity contribution in [2.45, 2.75) is 43.7 Å². The van der Waals surface area contributed by atoms with E-state index in [1.165, 1.54) is 0 Å². The maximum Gasteiger partial charge on any atom is 0.222 e. The molecule has 0 spiro atoms. The summed E-state index contributed by atoms with van der Waals surface area (Å²) in [6, 6.07) is 10.5. The Hall–Kier alpha value is -1.83. The summed E-state index contributed by atoms with van der Waals surface area (Å²) in [5.74, 6) is 2.06. The van der Waals surface area contributed by atoms with Crippen molar-refractivity contribution >= 4 is 28.2 Å². The van der Waals surface area contributed by atoms with Crippen molar-refractivity contribution in [3.05, 3.63) is 53.5 Å². The highest BCUT2D eigenvalue weighted by Gasteiger charge is 2.24. The Morgan fingerprint density at radius 2 is 1.90 bits per heavy atom. The molecule has 1 aromatic carbocycles. The number of amides is 1. The van der Waals surface area contributed by atoms with Crippen LogP contribution >= 0.6 is 12.4 Å². The fourth-order valence-corrected chi connectivity index (χ4v) is 4.86. The molecule has 2 aromatic rings. The molecule has 29 heavy (non-hydrogen) atoms. The number of carbonyl (C=O) groups excluding carboxylic acids is 1. The van der Waals surface area contributed by atoms with Crippen LogP contribution in [-0.4, -0.2) is 50.5 Å². The second kappa shape index (κ2) is 10.3. The molecule has 1 aromatic heterocycles. The molecular formula is C21H29ClN2O4S. The van der Waals surface area contributed by atoms with E-state index in [9.17, 15) is 13.2 Å². The molecule has 0 radical (unpaired) electrons. The second-order valence-corrected chi connectivity index (χ2v) is 9.66. The van der Waals surface area contributed by atoms with Gasteiger partial charge in [-0.15, -0.1) is 12.4 Å². The SMILES string of the molecule is CN(C)Cc1cc2c(o1)CCN(C(=O)CCCCS(=O)(=O)c1ccccc1)C2.Cl. The highest BCUT2D eigenvalue weighted by atomic mass is 35.5. The number of hydrogen-bond donors (Lipinski definition) is 0. The number of unbranched alkanes of at least 4 members (excludes halogenated alkanes) is 1. The third-order valence-electron chi connectivity index (χ3n) is 4.90. The molecule has 0 atom stereocenters. The van der Waals surface area contributed by atoms with Crippen molar-refractivity contribution in [2.24, 2.45) is 0 Å². The van der Waals surface area contributed by atoms with E-state index < -0.39 is 9.84 Å². The monoisotopic (exact) mass is 440 g/mol. The van der Waals surface area contributed by atoms with E-state index in [0.29, 0.717) is 37.2 Å². The Kier molecular flexibility index (Phi) is 8.31. The lowest BCUT2D eigenvalue weighted by molar-refractivity contribution is -0.132. The van der Waals surface area contributed by atoms with Crippen LogP contribution in [0.5, 0.6) is 0 Å². The van der Waals surface area contributed by atoms with Gasteiger partial charge < -0.3 is 14.2 Å². The molecule has 1 amide bonds. The lowest BCUT2D eigenvalue weighted by Crippen LogP contribution is -2.35.